The minimum absolute atomic E-state index is 0.572. The Morgan fingerprint density at radius 3 is 2.93 bits per heavy atom. The van der Waals surface area contributed by atoms with E-state index in [-0.39, 0.29) is 0 Å². The molecule has 0 saturated carbocycles. The molecule has 0 bridgehead atoms. The lowest BCUT2D eigenvalue weighted by molar-refractivity contribution is 0.242. The van der Waals surface area contributed by atoms with Crippen LogP contribution >= 0.6 is 23.5 Å². The molecule has 0 aromatic carbocycles. The molecule has 2 aliphatic rings. The van der Waals surface area contributed by atoms with Gasteiger partial charge in [-0.1, -0.05) is 18.2 Å². The lowest BCUT2D eigenvalue weighted by Crippen LogP contribution is -2.31. The van der Waals surface area contributed by atoms with Crippen LogP contribution in [0.3, 0.4) is 0 Å². The molecular formula is C11H20N2S2. The number of piperidine rings is 1. The van der Waals surface area contributed by atoms with Crippen molar-refractivity contribution >= 4 is 23.5 Å². The van der Waals surface area contributed by atoms with E-state index in [1.165, 1.54) is 48.9 Å². The summed E-state index contributed by atoms with van der Waals surface area (Å²) in [6, 6.07) is 0. The summed E-state index contributed by atoms with van der Waals surface area (Å²) in [5, 5.41) is 3.90. The van der Waals surface area contributed by atoms with E-state index >= 15 is 0 Å². The highest BCUT2D eigenvalue weighted by atomic mass is 32.2. The van der Waals surface area contributed by atoms with E-state index in [0.29, 0.717) is 5.37 Å². The number of nitrogens with one attached hydrogen (secondary N) is 1. The predicted octanol–water partition coefficient (Wildman–Crippen LogP) is 2.69. The van der Waals surface area contributed by atoms with E-state index in [0.717, 1.165) is 0 Å². The van der Waals surface area contributed by atoms with Crippen molar-refractivity contribution < 1.29 is 0 Å². The average Bonchev–Trinajstić information content (AvgIpc) is 2.66. The minimum Gasteiger partial charge on any atom is -0.378 e. The maximum Gasteiger partial charge on any atom is 0.0741 e. The van der Waals surface area contributed by atoms with Crippen LogP contribution in [0.2, 0.25) is 0 Å². The molecule has 86 valence electrons. The van der Waals surface area contributed by atoms with Gasteiger partial charge in [-0.3, -0.25) is 0 Å². The van der Waals surface area contributed by atoms with Crippen molar-refractivity contribution in [2.45, 2.75) is 31.6 Å². The van der Waals surface area contributed by atoms with E-state index in [1.54, 1.807) is 0 Å². The molecule has 2 nitrogen and oxygen atoms in total. The number of hydrogen-bond donors (Lipinski definition) is 1. The van der Waals surface area contributed by atoms with Gasteiger partial charge in [0.15, 0.2) is 0 Å². The molecule has 15 heavy (non-hydrogen) atoms. The van der Waals surface area contributed by atoms with E-state index in [2.05, 4.69) is 23.3 Å². The summed E-state index contributed by atoms with van der Waals surface area (Å²) >= 11 is 3.95. The molecule has 2 aliphatic heterocycles. The van der Waals surface area contributed by atoms with Gasteiger partial charge in [-0.25, -0.2) is 0 Å². The zero-order valence-corrected chi connectivity index (χ0v) is 11.0. The first-order chi connectivity index (χ1) is 7.34. The molecule has 2 heterocycles. The molecule has 0 amide bonds. The van der Waals surface area contributed by atoms with Gasteiger partial charge in [-0.2, -0.15) is 0 Å². The Morgan fingerprint density at radius 2 is 2.27 bits per heavy atom. The molecule has 4 heteroatoms. The highest BCUT2D eigenvalue weighted by Crippen LogP contribution is 2.34. The van der Waals surface area contributed by atoms with E-state index in [9.17, 15) is 0 Å². The Bertz CT molecular complexity index is 225. The maximum atomic E-state index is 3.32. The second kappa shape index (κ2) is 6.06. The van der Waals surface area contributed by atoms with Gasteiger partial charge < -0.3 is 10.2 Å². The normalized spacial score (nSPS) is 27.5. The smallest absolute Gasteiger partial charge is 0.0741 e. The third kappa shape index (κ3) is 3.93. The zero-order chi connectivity index (χ0) is 10.5. The van der Waals surface area contributed by atoms with E-state index in [4.69, 9.17) is 0 Å². The van der Waals surface area contributed by atoms with Crippen molar-refractivity contribution in [1.29, 1.82) is 0 Å². The monoisotopic (exact) mass is 244 g/mol. The van der Waals surface area contributed by atoms with Crippen LogP contribution in [0.1, 0.15) is 26.2 Å². The van der Waals surface area contributed by atoms with E-state index in [1.807, 2.05) is 23.5 Å². The first-order valence-electron chi connectivity index (χ1n) is 5.82. The Balaban J connectivity index is 1.58. The van der Waals surface area contributed by atoms with Crippen molar-refractivity contribution in [3.8, 4) is 0 Å². The van der Waals surface area contributed by atoms with Gasteiger partial charge in [0.1, 0.15) is 0 Å². The quantitative estimate of drug-likeness (QED) is 0.817. The van der Waals surface area contributed by atoms with Crippen LogP contribution in [0.4, 0.5) is 0 Å². The molecule has 0 aliphatic carbocycles. The van der Waals surface area contributed by atoms with Gasteiger partial charge >= 0.3 is 0 Å². The Morgan fingerprint density at radius 1 is 1.47 bits per heavy atom. The molecule has 0 radical (unpaired) electrons. The molecule has 0 aromatic rings. The molecule has 1 atom stereocenters. The lowest BCUT2D eigenvalue weighted by Gasteiger charge is -2.26. The summed E-state index contributed by atoms with van der Waals surface area (Å²) in [6.07, 6.45) is 6.41. The van der Waals surface area contributed by atoms with Gasteiger partial charge in [0.25, 0.3) is 0 Å². The van der Waals surface area contributed by atoms with Crippen molar-refractivity contribution in [2.24, 2.45) is 0 Å². The molecule has 2 rings (SSSR count). The molecule has 0 aromatic heterocycles. The lowest BCUT2D eigenvalue weighted by atomic mass is 10.1. The highest BCUT2D eigenvalue weighted by molar-refractivity contribution is 8.22. The van der Waals surface area contributed by atoms with Crippen molar-refractivity contribution in [3.05, 3.63) is 10.4 Å². The highest BCUT2D eigenvalue weighted by Gasteiger charge is 2.14. The topological polar surface area (TPSA) is 15.3 Å². The van der Waals surface area contributed by atoms with Crippen LogP contribution in [0, 0.1) is 0 Å². The maximum absolute atomic E-state index is 3.32. The number of rotatable bonds is 4. The van der Waals surface area contributed by atoms with E-state index < -0.39 is 0 Å². The van der Waals surface area contributed by atoms with Crippen molar-refractivity contribution in [2.75, 3.05) is 25.4 Å². The second-order valence-electron chi connectivity index (χ2n) is 4.14. The third-order valence-corrected chi connectivity index (χ3v) is 5.10. The molecule has 1 N–H and O–H groups in total. The Kier molecular flexibility index (Phi) is 4.72. The van der Waals surface area contributed by atoms with Crippen molar-refractivity contribution in [1.82, 2.24) is 10.2 Å². The third-order valence-electron chi connectivity index (χ3n) is 2.83. The standard InChI is InChI=1S/C11H20N2S2/c1-10-12-9-11(15-10)14-8-7-13-5-3-2-4-6-13/h9-10,12H,2-8H2,1H3. The summed E-state index contributed by atoms with van der Waals surface area (Å²) in [4.78, 5) is 2.60. The fraction of sp³-hybridized carbons (Fsp3) is 0.818. The number of nitrogens with zero attached hydrogens (tertiary/aromatic N) is 1. The summed E-state index contributed by atoms with van der Waals surface area (Å²) in [7, 11) is 0. The average molecular weight is 244 g/mol. The van der Waals surface area contributed by atoms with Gasteiger partial charge in [0.05, 0.1) is 9.61 Å². The van der Waals surface area contributed by atoms with Gasteiger partial charge in [0.2, 0.25) is 0 Å². The van der Waals surface area contributed by atoms with Crippen LogP contribution < -0.4 is 5.32 Å². The van der Waals surface area contributed by atoms with Crippen LogP contribution in [-0.2, 0) is 0 Å². The molecular weight excluding hydrogens is 224 g/mol. The molecule has 1 unspecified atom stereocenters. The van der Waals surface area contributed by atoms with Gasteiger partial charge in [-0.15, -0.1) is 11.8 Å². The zero-order valence-electron chi connectivity index (χ0n) is 9.37. The Labute approximate surface area is 101 Å². The minimum atomic E-state index is 0.572. The molecule has 1 fully saturated rings. The van der Waals surface area contributed by atoms with Gasteiger partial charge in [-0.05, 0) is 32.9 Å². The number of hydrogen-bond acceptors (Lipinski definition) is 4. The fourth-order valence-corrected chi connectivity index (χ4v) is 4.24. The SMILES string of the molecule is CC1NC=C(SCCN2CCCCC2)S1. The Hall–Kier alpha value is 0.200. The number of thioether (sulfide) groups is 2. The predicted molar refractivity (Wildman–Crippen MR) is 71.0 cm³/mol. The summed E-state index contributed by atoms with van der Waals surface area (Å²) < 4.78 is 1.46. The largest absolute Gasteiger partial charge is 0.378 e. The van der Waals surface area contributed by atoms with Crippen LogP contribution in [0.5, 0.6) is 0 Å². The summed E-state index contributed by atoms with van der Waals surface area (Å²) in [6.45, 7) is 6.11. The van der Waals surface area contributed by atoms with Crippen LogP contribution in [-0.4, -0.2) is 35.7 Å². The first kappa shape index (κ1) is 11.7. The number of likely N-dealkylation sites (tertiary alicyclic amines) is 1. The summed E-state index contributed by atoms with van der Waals surface area (Å²) in [5.74, 6) is 1.24. The molecule has 1 saturated heterocycles. The van der Waals surface area contributed by atoms with Crippen LogP contribution in [0.25, 0.3) is 0 Å². The fourth-order valence-electron chi connectivity index (χ4n) is 1.96. The first-order valence-corrected chi connectivity index (χ1v) is 7.69. The van der Waals surface area contributed by atoms with Crippen LogP contribution in [0.15, 0.2) is 10.4 Å². The van der Waals surface area contributed by atoms with Crippen molar-refractivity contribution in [3.63, 3.8) is 0 Å². The second-order valence-corrected chi connectivity index (χ2v) is 6.92. The molecule has 0 spiro atoms. The summed E-state index contributed by atoms with van der Waals surface area (Å²) in [5.41, 5.74) is 0. The van der Waals surface area contributed by atoms with Gasteiger partial charge in [0, 0.05) is 18.5 Å².